The van der Waals surface area contributed by atoms with Crippen molar-refractivity contribution in [3.63, 3.8) is 0 Å². The van der Waals surface area contributed by atoms with Crippen LogP contribution in [0.25, 0.3) is 50.1 Å². The number of aromatic nitrogens is 3. The second-order valence-electron chi connectivity index (χ2n) is 7.52. The molecule has 0 aliphatic rings. The summed E-state index contributed by atoms with van der Waals surface area (Å²) in [6.07, 6.45) is 0. The van der Waals surface area contributed by atoms with E-state index in [9.17, 15) is 0 Å². The molecule has 0 fully saturated rings. The van der Waals surface area contributed by atoms with Gasteiger partial charge < -0.3 is 4.74 Å². The van der Waals surface area contributed by atoms with Crippen LogP contribution in [0.4, 0.5) is 0 Å². The highest BCUT2D eigenvalue weighted by molar-refractivity contribution is 5.97. The van der Waals surface area contributed by atoms with Crippen LogP contribution >= 0.6 is 0 Å². The number of imidazole rings is 1. The Balaban J connectivity index is 1.71. The highest BCUT2D eigenvalue weighted by atomic mass is 16.5. The molecule has 0 radical (unpaired) electrons. The van der Waals surface area contributed by atoms with Crippen LogP contribution in [0.5, 0.6) is 5.75 Å². The van der Waals surface area contributed by atoms with Gasteiger partial charge in [-0.15, -0.1) is 0 Å². The van der Waals surface area contributed by atoms with Gasteiger partial charge in [-0.3, -0.25) is 4.40 Å². The summed E-state index contributed by atoms with van der Waals surface area (Å²) in [5, 5.41) is 2.41. The first-order valence-corrected chi connectivity index (χ1v) is 10.2. The molecular weight excluding hydrogens is 382 g/mol. The third kappa shape index (κ3) is 2.84. The standard InChI is InChI=1S/C27H19N3O/c1-31-20-15-13-19(14-16-20)24-17-26(22-10-6-8-18-7-2-3-9-21(18)22)30-25-12-5-4-11-23(25)28-27(30)29-24/h2-17H,1H3. The number of hydrogen-bond donors (Lipinski definition) is 0. The molecule has 148 valence electrons. The number of hydrogen-bond acceptors (Lipinski definition) is 3. The number of rotatable bonds is 3. The fourth-order valence-corrected chi connectivity index (χ4v) is 4.22. The van der Waals surface area contributed by atoms with Gasteiger partial charge in [0.2, 0.25) is 5.78 Å². The van der Waals surface area contributed by atoms with Gasteiger partial charge in [-0.05, 0) is 53.2 Å². The molecule has 2 heterocycles. The molecular formula is C27H19N3O. The highest BCUT2D eigenvalue weighted by Crippen LogP contribution is 2.33. The van der Waals surface area contributed by atoms with E-state index in [1.54, 1.807) is 7.11 Å². The Labute approximate surface area is 179 Å². The van der Waals surface area contributed by atoms with Gasteiger partial charge in [0.25, 0.3) is 0 Å². The molecule has 6 rings (SSSR count). The summed E-state index contributed by atoms with van der Waals surface area (Å²) < 4.78 is 7.48. The lowest BCUT2D eigenvalue weighted by molar-refractivity contribution is 0.415. The van der Waals surface area contributed by atoms with Crippen molar-refractivity contribution in [3.05, 3.63) is 97.1 Å². The fourth-order valence-electron chi connectivity index (χ4n) is 4.22. The first kappa shape index (κ1) is 17.7. The molecule has 0 aliphatic carbocycles. The normalized spacial score (nSPS) is 11.4. The molecule has 0 amide bonds. The first-order valence-electron chi connectivity index (χ1n) is 10.2. The van der Waals surface area contributed by atoms with E-state index in [0.717, 1.165) is 39.3 Å². The molecule has 0 saturated heterocycles. The predicted molar refractivity (Wildman–Crippen MR) is 125 cm³/mol. The van der Waals surface area contributed by atoms with E-state index >= 15 is 0 Å². The summed E-state index contributed by atoms with van der Waals surface area (Å²) in [4.78, 5) is 9.74. The maximum atomic E-state index is 5.32. The molecule has 0 atom stereocenters. The average molecular weight is 401 g/mol. The first-order chi connectivity index (χ1) is 15.3. The van der Waals surface area contributed by atoms with Gasteiger partial charge >= 0.3 is 0 Å². The SMILES string of the molecule is COc1ccc(-c2cc(-c3cccc4ccccc34)n3c(n2)nc2ccccc23)cc1. The van der Waals surface area contributed by atoms with Crippen molar-refractivity contribution in [1.82, 2.24) is 14.4 Å². The van der Waals surface area contributed by atoms with Gasteiger partial charge in [0, 0.05) is 11.1 Å². The van der Waals surface area contributed by atoms with Crippen molar-refractivity contribution < 1.29 is 4.74 Å². The zero-order chi connectivity index (χ0) is 20.8. The van der Waals surface area contributed by atoms with Crippen molar-refractivity contribution in [3.8, 4) is 28.3 Å². The molecule has 2 aromatic heterocycles. The molecule has 0 saturated carbocycles. The fraction of sp³-hybridized carbons (Fsp3) is 0.0370. The molecule has 4 nitrogen and oxygen atoms in total. The molecule has 0 aliphatic heterocycles. The van der Waals surface area contributed by atoms with E-state index in [-0.39, 0.29) is 0 Å². The van der Waals surface area contributed by atoms with Gasteiger partial charge in [-0.25, -0.2) is 9.97 Å². The topological polar surface area (TPSA) is 39.4 Å². The van der Waals surface area contributed by atoms with Crippen LogP contribution in [0, 0.1) is 0 Å². The minimum Gasteiger partial charge on any atom is -0.497 e. The summed E-state index contributed by atoms with van der Waals surface area (Å²) in [6, 6.07) is 33.2. The monoisotopic (exact) mass is 401 g/mol. The third-order valence-electron chi connectivity index (χ3n) is 5.73. The molecule has 4 aromatic carbocycles. The molecule has 0 spiro atoms. The van der Waals surface area contributed by atoms with Gasteiger partial charge in [-0.1, -0.05) is 54.6 Å². The Hall–Kier alpha value is -4.18. The number of nitrogens with zero attached hydrogens (tertiary/aromatic N) is 3. The predicted octanol–water partition coefficient (Wildman–Crippen LogP) is 6.38. The van der Waals surface area contributed by atoms with Crippen LogP contribution in [0.3, 0.4) is 0 Å². The van der Waals surface area contributed by atoms with Crippen LogP contribution in [0.2, 0.25) is 0 Å². The zero-order valence-corrected chi connectivity index (χ0v) is 17.0. The van der Waals surface area contributed by atoms with Crippen LogP contribution in [0.15, 0.2) is 97.1 Å². The third-order valence-corrected chi connectivity index (χ3v) is 5.73. The van der Waals surface area contributed by atoms with Gasteiger partial charge in [0.15, 0.2) is 0 Å². The molecule has 0 N–H and O–H groups in total. The van der Waals surface area contributed by atoms with Crippen LogP contribution < -0.4 is 4.74 Å². The second-order valence-corrected chi connectivity index (χ2v) is 7.52. The largest absolute Gasteiger partial charge is 0.497 e. The van der Waals surface area contributed by atoms with Crippen molar-refractivity contribution in [2.24, 2.45) is 0 Å². The summed E-state index contributed by atoms with van der Waals surface area (Å²) in [7, 11) is 1.67. The highest BCUT2D eigenvalue weighted by Gasteiger charge is 2.15. The summed E-state index contributed by atoms with van der Waals surface area (Å²) >= 11 is 0. The number of ether oxygens (including phenoxy) is 1. The van der Waals surface area contributed by atoms with Gasteiger partial charge in [0.1, 0.15) is 5.75 Å². The minimum absolute atomic E-state index is 0.692. The lowest BCUT2D eigenvalue weighted by Crippen LogP contribution is -1.98. The number of benzene rings is 4. The Morgan fingerprint density at radius 3 is 2.39 bits per heavy atom. The van der Waals surface area contributed by atoms with Crippen molar-refractivity contribution in [1.29, 1.82) is 0 Å². The van der Waals surface area contributed by atoms with E-state index in [4.69, 9.17) is 14.7 Å². The number of fused-ring (bicyclic) bond motifs is 4. The molecule has 31 heavy (non-hydrogen) atoms. The molecule has 0 unspecified atom stereocenters. The van der Waals surface area contributed by atoms with Crippen molar-refractivity contribution in [2.75, 3.05) is 7.11 Å². The van der Waals surface area contributed by atoms with Gasteiger partial charge in [-0.2, -0.15) is 0 Å². The quantitative estimate of drug-likeness (QED) is 0.345. The van der Waals surface area contributed by atoms with Gasteiger partial charge in [0.05, 0.1) is 29.5 Å². The summed E-state index contributed by atoms with van der Waals surface area (Å²) in [6.45, 7) is 0. The Kier molecular flexibility index (Phi) is 3.96. The van der Waals surface area contributed by atoms with E-state index < -0.39 is 0 Å². The maximum Gasteiger partial charge on any atom is 0.235 e. The van der Waals surface area contributed by atoms with E-state index in [1.807, 2.05) is 42.5 Å². The maximum absolute atomic E-state index is 5.32. The lowest BCUT2D eigenvalue weighted by Gasteiger charge is -2.12. The summed E-state index contributed by atoms with van der Waals surface area (Å²) in [5.41, 5.74) is 6.12. The Morgan fingerprint density at radius 1 is 0.742 bits per heavy atom. The zero-order valence-electron chi connectivity index (χ0n) is 17.0. The average Bonchev–Trinajstić information content (AvgIpc) is 3.22. The van der Waals surface area contributed by atoms with E-state index in [2.05, 4.69) is 59.0 Å². The minimum atomic E-state index is 0.692. The smallest absolute Gasteiger partial charge is 0.235 e. The van der Waals surface area contributed by atoms with Crippen LogP contribution in [-0.4, -0.2) is 21.5 Å². The summed E-state index contributed by atoms with van der Waals surface area (Å²) in [5.74, 6) is 1.52. The van der Waals surface area contributed by atoms with Crippen LogP contribution in [0.1, 0.15) is 0 Å². The molecule has 4 heteroatoms. The molecule has 0 bridgehead atoms. The lowest BCUT2D eigenvalue weighted by atomic mass is 10.0. The van der Waals surface area contributed by atoms with Crippen molar-refractivity contribution in [2.45, 2.75) is 0 Å². The van der Waals surface area contributed by atoms with Crippen LogP contribution in [-0.2, 0) is 0 Å². The van der Waals surface area contributed by atoms with E-state index in [1.165, 1.54) is 10.8 Å². The van der Waals surface area contributed by atoms with Crippen molar-refractivity contribution >= 4 is 27.6 Å². The van der Waals surface area contributed by atoms with E-state index in [0.29, 0.717) is 5.78 Å². The number of methoxy groups -OCH3 is 1. The number of para-hydroxylation sites is 2. The molecule has 6 aromatic rings. The Morgan fingerprint density at radius 2 is 1.52 bits per heavy atom. The second kappa shape index (κ2) is 6.96. The Bertz CT molecular complexity index is 1560.